The minimum atomic E-state index is -0.940. The molecule has 3 N–H and O–H groups in total. The van der Waals surface area contributed by atoms with Crippen molar-refractivity contribution < 1.29 is 24.2 Å². The van der Waals surface area contributed by atoms with E-state index in [-0.39, 0.29) is 25.4 Å². The number of nitrogens with zero attached hydrogens (tertiary/aromatic N) is 2. The second-order valence-corrected chi connectivity index (χ2v) is 12.4. The van der Waals surface area contributed by atoms with Crippen LogP contribution in [0, 0.1) is 12.3 Å². The summed E-state index contributed by atoms with van der Waals surface area (Å²) in [5, 5.41) is 18.8. The number of carbonyl (C=O) groups excluding carboxylic acids is 3. The molecule has 0 radical (unpaired) electrons. The number of hydrogen-bond donors (Lipinski definition) is 3. The molecule has 3 rings (SSSR count). The average molecular weight is 531 g/mol. The topological polar surface area (TPSA) is 121 Å². The largest absolute Gasteiger partial charge is 0.444 e. The number of aromatic nitrogens is 1. The molecule has 0 saturated carbocycles. The van der Waals surface area contributed by atoms with Gasteiger partial charge in [0.2, 0.25) is 11.8 Å². The SMILES string of the molecule is Cc1csc(-c2ccc(CNC(=O)[C@@H]3C[C@H](O)CN3C(=O)[C@@H](NC(=O)OC(C)(C)C)C(C)(C)C)cc2)n1. The van der Waals surface area contributed by atoms with Gasteiger partial charge in [-0.1, -0.05) is 45.0 Å². The van der Waals surface area contributed by atoms with Crippen LogP contribution in [0.15, 0.2) is 29.6 Å². The maximum atomic E-state index is 13.6. The molecule has 1 fully saturated rings. The molecule has 0 unspecified atom stereocenters. The molecule has 1 saturated heterocycles. The molecule has 202 valence electrons. The number of thiazole rings is 1. The van der Waals surface area contributed by atoms with Crippen molar-refractivity contribution in [2.24, 2.45) is 5.41 Å². The van der Waals surface area contributed by atoms with Crippen LogP contribution in [0.2, 0.25) is 0 Å². The summed E-state index contributed by atoms with van der Waals surface area (Å²) >= 11 is 1.58. The number of ether oxygens (including phenoxy) is 1. The molecule has 9 nitrogen and oxygen atoms in total. The molecule has 2 heterocycles. The number of benzene rings is 1. The van der Waals surface area contributed by atoms with Crippen LogP contribution in [-0.4, -0.2) is 63.2 Å². The number of β-amino-alcohol motifs (C(OH)–C–C–N with tert-alkyl or cyclic N) is 1. The molecule has 3 atom stereocenters. The number of nitrogens with one attached hydrogen (secondary N) is 2. The molecular formula is C27H38N4O5S. The van der Waals surface area contributed by atoms with E-state index in [2.05, 4.69) is 15.6 Å². The van der Waals surface area contributed by atoms with E-state index in [1.807, 2.05) is 57.3 Å². The van der Waals surface area contributed by atoms with Crippen LogP contribution < -0.4 is 10.6 Å². The molecule has 2 aromatic rings. The van der Waals surface area contributed by atoms with E-state index in [1.165, 1.54) is 4.90 Å². The molecule has 0 bridgehead atoms. The summed E-state index contributed by atoms with van der Waals surface area (Å²) in [5.41, 5.74) is 1.51. The fraction of sp³-hybridized carbons (Fsp3) is 0.556. The first-order valence-electron chi connectivity index (χ1n) is 12.4. The van der Waals surface area contributed by atoms with Gasteiger partial charge in [0.1, 0.15) is 22.7 Å². The Morgan fingerprint density at radius 2 is 1.81 bits per heavy atom. The van der Waals surface area contributed by atoms with Crippen molar-refractivity contribution in [1.82, 2.24) is 20.5 Å². The minimum Gasteiger partial charge on any atom is -0.444 e. The lowest BCUT2D eigenvalue weighted by atomic mass is 9.85. The van der Waals surface area contributed by atoms with Crippen LogP contribution in [0.1, 0.15) is 59.2 Å². The van der Waals surface area contributed by atoms with Gasteiger partial charge in [0.25, 0.3) is 0 Å². The van der Waals surface area contributed by atoms with Gasteiger partial charge in [-0.2, -0.15) is 0 Å². The first kappa shape index (κ1) is 28.6. The van der Waals surface area contributed by atoms with Crippen LogP contribution >= 0.6 is 11.3 Å². The number of amides is 3. The van der Waals surface area contributed by atoms with Gasteiger partial charge in [0.15, 0.2) is 0 Å². The number of rotatable bonds is 6. The zero-order valence-electron chi connectivity index (χ0n) is 22.6. The van der Waals surface area contributed by atoms with Crippen LogP contribution in [0.4, 0.5) is 4.79 Å². The average Bonchev–Trinajstić information content (AvgIpc) is 3.39. The highest BCUT2D eigenvalue weighted by Crippen LogP contribution is 2.27. The Kier molecular flexibility index (Phi) is 8.64. The second-order valence-electron chi connectivity index (χ2n) is 11.5. The summed E-state index contributed by atoms with van der Waals surface area (Å²) in [6.07, 6.45) is -1.41. The Hall–Kier alpha value is -2.98. The number of likely N-dealkylation sites (tertiary alicyclic amines) is 1. The molecule has 1 aromatic carbocycles. The number of hydrogen-bond acceptors (Lipinski definition) is 7. The highest BCUT2D eigenvalue weighted by Gasteiger charge is 2.44. The van der Waals surface area contributed by atoms with E-state index in [0.29, 0.717) is 0 Å². The van der Waals surface area contributed by atoms with Crippen molar-refractivity contribution >= 4 is 29.2 Å². The van der Waals surface area contributed by atoms with Crippen molar-refractivity contribution in [3.8, 4) is 10.6 Å². The van der Waals surface area contributed by atoms with Crippen molar-refractivity contribution in [3.05, 3.63) is 40.9 Å². The normalized spacial score (nSPS) is 18.9. The van der Waals surface area contributed by atoms with E-state index in [0.717, 1.165) is 21.8 Å². The van der Waals surface area contributed by atoms with E-state index < -0.39 is 41.2 Å². The standard InChI is InChI=1S/C27H38N4O5S/c1-16-15-37-23(29-16)18-10-8-17(9-11-18)13-28-22(33)20-12-19(32)14-31(20)24(34)21(26(2,3)4)30-25(35)36-27(5,6)7/h8-11,15,19-21,32H,12-14H2,1-7H3,(H,28,33)(H,30,35)/t19-,20-,21+/m0/s1. The highest BCUT2D eigenvalue weighted by atomic mass is 32.1. The number of aryl methyl sites for hydroxylation is 1. The van der Waals surface area contributed by atoms with Gasteiger partial charge in [-0.3, -0.25) is 9.59 Å². The minimum absolute atomic E-state index is 0.0153. The van der Waals surface area contributed by atoms with Gasteiger partial charge in [-0.15, -0.1) is 11.3 Å². The molecule has 10 heteroatoms. The second kappa shape index (κ2) is 11.2. The van der Waals surface area contributed by atoms with Crippen LogP contribution in [0.5, 0.6) is 0 Å². The predicted molar refractivity (Wildman–Crippen MR) is 143 cm³/mol. The van der Waals surface area contributed by atoms with E-state index in [1.54, 1.807) is 32.1 Å². The first-order valence-corrected chi connectivity index (χ1v) is 13.3. The quantitative estimate of drug-likeness (QED) is 0.525. The van der Waals surface area contributed by atoms with Crippen molar-refractivity contribution in [2.45, 2.75) is 85.2 Å². The van der Waals surface area contributed by atoms with Gasteiger partial charge >= 0.3 is 6.09 Å². The molecule has 0 spiro atoms. The number of alkyl carbamates (subject to hydrolysis) is 1. The summed E-state index contributed by atoms with van der Waals surface area (Å²) < 4.78 is 5.34. The van der Waals surface area contributed by atoms with Gasteiger partial charge in [0.05, 0.1) is 6.10 Å². The summed E-state index contributed by atoms with van der Waals surface area (Å²) in [5.74, 6) is -0.785. The molecule has 1 aliphatic rings. The maximum absolute atomic E-state index is 13.6. The Labute approximate surface area is 222 Å². The van der Waals surface area contributed by atoms with E-state index >= 15 is 0 Å². The van der Waals surface area contributed by atoms with Crippen molar-refractivity contribution in [1.29, 1.82) is 0 Å². The molecule has 3 amide bonds. The molecule has 0 aliphatic carbocycles. The zero-order chi connectivity index (χ0) is 27.5. The summed E-state index contributed by atoms with van der Waals surface area (Å²) in [4.78, 5) is 45.0. The number of carbonyl (C=O) groups is 3. The third kappa shape index (κ3) is 7.75. The first-order chi connectivity index (χ1) is 17.1. The fourth-order valence-electron chi connectivity index (χ4n) is 4.10. The van der Waals surface area contributed by atoms with Gasteiger partial charge in [-0.25, -0.2) is 9.78 Å². The summed E-state index contributed by atoms with van der Waals surface area (Å²) in [7, 11) is 0. The van der Waals surface area contributed by atoms with Gasteiger partial charge in [0, 0.05) is 36.1 Å². The summed E-state index contributed by atoms with van der Waals surface area (Å²) in [6, 6.07) is 6.00. The fourth-order valence-corrected chi connectivity index (χ4v) is 4.91. The third-order valence-corrected chi connectivity index (χ3v) is 6.93. The third-order valence-electron chi connectivity index (χ3n) is 5.93. The Balaban J connectivity index is 1.67. The van der Waals surface area contributed by atoms with Crippen LogP contribution in [0.3, 0.4) is 0 Å². The lowest BCUT2D eigenvalue weighted by molar-refractivity contribution is -0.142. The molecule has 1 aromatic heterocycles. The van der Waals surface area contributed by atoms with Crippen molar-refractivity contribution in [2.75, 3.05) is 6.54 Å². The molecule has 37 heavy (non-hydrogen) atoms. The van der Waals surface area contributed by atoms with Crippen molar-refractivity contribution in [3.63, 3.8) is 0 Å². The monoisotopic (exact) mass is 530 g/mol. The maximum Gasteiger partial charge on any atom is 0.408 e. The Morgan fingerprint density at radius 1 is 1.16 bits per heavy atom. The highest BCUT2D eigenvalue weighted by molar-refractivity contribution is 7.13. The van der Waals surface area contributed by atoms with E-state index in [9.17, 15) is 19.5 Å². The lowest BCUT2D eigenvalue weighted by Crippen LogP contribution is -2.58. The van der Waals surface area contributed by atoms with Gasteiger partial charge in [-0.05, 0) is 38.7 Å². The predicted octanol–water partition coefficient (Wildman–Crippen LogP) is 3.64. The Morgan fingerprint density at radius 3 is 2.35 bits per heavy atom. The number of aliphatic hydroxyl groups is 1. The van der Waals surface area contributed by atoms with Crippen LogP contribution in [0.25, 0.3) is 10.6 Å². The van der Waals surface area contributed by atoms with E-state index in [4.69, 9.17) is 4.74 Å². The molecule has 1 aliphatic heterocycles. The Bertz CT molecular complexity index is 1120. The zero-order valence-corrected chi connectivity index (χ0v) is 23.4. The lowest BCUT2D eigenvalue weighted by Gasteiger charge is -2.35. The van der Waals surface area contributed by atoms with Gasteiger partial charge < -0.3 is 25.4 Å². The smallest absolute Gasteiger partial charge is 0.408 e. The summed E-state index contributed by atoms with van der Waals surface area (Å²) in [6.45, 7) is 12.9. The molecular weight excluding hydrogens is 492 g/mol. The number of aliphatic hydroxyl groups excluding tert-OH is 1. The van der Waals surface area contributed by atoms with Crippen LogP contribution in [-0.2, 0) is 20.9 Å².